The Bertz CT molecular complexity index is 839. The molecule has 0 fully saturated rings. The summed E-state index contributed by atoms with van der Waals surface area (Å²) in [5.41, 5.74) is -0.789. The SMILES string of the molecule is C[C@@H](CCC(=O)[C@H](Cc1ccc([N+](=O)[O-])cc1)NC(=O)OC(C)(C)C)NC(=O)OC(C)(C)C. The number of nitro benzene ring substituents is 1. The first-order chi connectivity index (χ1) is 15.1. The van der Waals surface area contributed by atoms with Gasteiger partial charge in [0.15, 0.2) is 5.78 Å². The normalized spacial score (nSPS) is 13.4. The van der Waals surface area contributed by atoms with E-state index < -0.39 is 34.4 Å². The Labute approximate surface area is 194 Å². The molecule has 0 radical (unpaired) electrons. The summed E-state index contributed by atoms with van der Waals surface area (Å²) in [6.45, 7) is 12.2. The summed E-state index contributed by atoms with van der Waals surface area (Å²) in [4.78, 5) is 47.5. The molecule has 0 unspecified atom stereocenters. The predicted octanol–water partition coefficient (Wildman–Crippen LogP) is 4.29. The number of carbonyl (C=O) groups is 3. The van der Waals surface area contributed by atoms with E-state index >= 15 is 0 Å². The molecule has 2 N–H and O–H groups in total. The van der Waals surface area contributed by atoms with Crippen molar-refractivity contribution in [3.63, 3.8) is 0 Å². The van der Waals surface area contributed by atoms with Crippen LogP contribution in [-0.2, 0) is 20.7 Å². The molecule has 0 spiro atoms. The first-order valence-corrected chi connectivity index (χ1v) is 10.8. The van der Waals surface area contributed by atoms with Gasteiger partial charge in [0.1, 0.15) is 11.2 Å². The second-order valence-electron chi connectivity index (χ2n) is 9.88. The zero-order chi connectivity index (χ0) is 25.4. The molecule has 10 heteroatoms. The Morgan fingerprint density at radius 2 is 1.42 bits per heavy atom. The Morgan fingerprint density at radius 3 is 1.88 bits per heavy atom. The van der Waals surface area contributed by atoms with E-state index in [4.69, 9.17) is 9.47 Å². The van der Waals surface area contributed by atoms with E-state index in [1.807, 2.05) is 0 Å². The Kier molecular flexibility index (Phi) is 9.81. The fraction of sp³-hybridized carbons (Fsp3) is 0.609. The van der Waals surface area contributed by atoms with Crippen molar-refractivity contribution in [3.8, 4) is 0 Å². The number of benzene rings is 1. The molecule has 0 heterocycles. The van der Waals surface area contributed by atoms with Gasteiger partial charge in [0.2, 0.25) is 0 Å². The second-order valence-corrected chi connectivity index (χ2v) is 9.88. The molecule has 0 bridgehead atoms. The van der Waals surface area contributed by atoms with Gasteiger partial charge in [-0.15, -0.1) is 0 Å². The van der Waals surface area contributed by atoms with Gasteiger partial charge < -0.3 is 20.1 Å². The van der Waals surface area contributed by atoms with Crippen molar-refractivity contribution in [1.82, 2.24) is 10.6 Å². The maximum absolute atomic E-state index is 12.9. The number of nitrogens with one attached hydrogen (secondary N) is 2. The van der Waals surface area contributed by atoms with E-state index in [2.05, 4.69) is 10.6 Å². The molecule has 2 atom stereocenters. The Hall–Kier alpha value is -3.17. The van der Waals surface area contributed by atoms with E-state index in [9.17, 15) is 24.5 Å². The minimum atomic E-state index is -0.893. The number of ether oxygens (including phenoxy) is 2. The summed E-state index contributed by atoms with van der Waals surface area (Å²) in [6, 6.07) is 4.55. The minimum absolute atomic E-state index is 0.0660. The number of nitro groups is 1. The molecule has 0 aliphatic rings. The van der Waals surface area contributed by atoms with Gasteiger partial charge in [0.05, 0.1) is 11.0 Å². The van der Waals surface area contributed by atoms with Crippen LogP contribution in [0.1, 0.15) is 66.9 Å². The van der Waals surface area contributed by atoms with E-state index in [0.29, 0.717) is 12.0 Å². The number of ketones is 1. The van der Waals surface area contributed by atoms with E-state index in [0.717, 1.165) is 0 Å². The highest BCUT2D eigenvalue weighted by Crippen LogP contribution is 2.15. The molecule has 0 saturated carbocycles. The van der Waals surface area contributed by atoms with E-state index in [1.165, 1.54) is 12.1 Å². The Balaban J connectivity index is 2.82. The topological polar surface area (TPSA) is 137 Å². The summed E-state index contributed by atoms with van der Waals surface area (Å²) < 4.78 is 10.5. The summed E-state index contributed by atoms with van der Waals surface area (Å²) in [7, 11) is 0. The molecular weight excluding hydrogens is 430 g/mol. The number of hydrogen-bond acceptors (Lipinski definition) is 7. The molecule has 1 aromatic carbocycles. The van der Waals surface area contributed by atoms with Gasteiger partial charge >= 0.3 is 12.2 Å². The summed E-state index contributed by atoms with van der Waals surface area (Å²) in [5, 5.41) is 16.1. The average Bonchev–Trinajstić information content (AvgIpc) is 2.62. The van der Waals surface area contributed by atoms with Crippen LogP contribution in [0.3, 0.4) is 0 Å². The second kappa shape index (κ2) is 11.6. The van der Waals surface area contributed by atoms with Crippen LogP contribution in [0.25, 0.3) is 0 Å². The van der Waals surface area contributed by atoms with E-state index in [-0.39, 0.29) is 30.4 Å². The first kappa shape index (κ1) is 27.9. The lowest BCUT2D eigenvalue weighted by atomic mass is 9.98. The fourth-order valence-electron chi connectivity index (χ4n) is 2.80. The van der Waals surface area contributed by atoms with Crippen molar-refractivity contribution in [1.29, 1.82) is 0 Å². The van der Waals surface area contributed by atoms with Crippen molar-refractivity contribution < 1.29 is 28.8 Å². The van der Waals surface area contributed by atoms with Crippen LogP contribution < -0.4 is 10.6 Å². The summed E-state index contributed by atoms with van der Waals surface area (Å²) >= 11 is 0. The van der Waals surface area contributed by atoms with Crippen LogP contribution in [0.5, 0.6) is 0 Å². The van der Waals surface area contributed by atoms with Gasteiger partial charge in [-0.3, -0.25) is 14.9 Å². The molecule has 0 aromatic heterocycles. The van der Waals surface area contributed by atoms with Gasteiger partial charge in [-0.05, 0) is 66.9 Å². The average molecular weight is 466 g/mol. The van der Waals surface area contributed by atoms with Gasteiger partial charge in [0, 0.05) is 24.6 Å². The first-order valence-electron chi connectivity index (χ1n) is 10.8. The highest BCUT2D eigenvalue weighted by atomic mass is 16.6. The molecule has 0 aliphatic carbocycles. The molecule has 0 saturated heterocycles. The van der Waals surface area contributed by atoms with Gasteiger partial charge in [0.25, 0.3) is 5.69 Å². The van der Waals surface area contributed by atoms with Crippen LogP contribution in [-0.4, -0.2) is 46.2 Å². The number of Topliss-reactive ketones (excluding diaryl/α,β-unsaturated/α-hetero) is 1. The highest BCUT2D eigenvalue weighted by molar-refractivity contribution is 5.87. The third-order valence-electron chi connectivity index (χ3n) is 4.25. The zero-order valence-electron chi connectivity index (χ0n) is 20.4. The van der Waals surface area contributed by atoms with Crippen molar-refractivity contribution in [2.45, 2.75) is 91.0 Å². The predicted molar refractivity (Wildman–Crippen MR) is 123 cm³/mol. The molecule has 10 nitrogen and oxygen atoms in total. The van der Waals surface area contributed by atoms with Crippen LogP contribution in [0, 0.1) is 10.1 Å². The highest BCUT2D eigenvalue weighted by Gasteiger charge is 2.25. The number of carbonyl (C=O) groups excluding carboxylic acids is 3. The van der Waals surface area contributed by atoms with E-state index in [1.54, 1.807) is 60.6 Å². The molecule has 184 valence electrons. The maximum Gasteiger partial charge on any atom is 0.408 e. The maximum atomic E-state index is 12.9. The number of nitrogens with zero attached hydrogens (tertiary/aromatic N) is 1. The lowest BCUT2D eigenvalue weighted by Gasteiger charge is -2.24. The number of alkyl carbamates (subject to hydrolysis) is 2. The zero-order valence-corrected chi connectivity index (χ0v) is 20.4. The van der Waals surface area contributed by atoms with Crippen LogP contribution >= 0.6 is 0 Å². The van der Waals surface area contributed by atoms with Crippen molar-refractivity contribution in [3.05, 3.63) is 39.9 Å². The molecule has 1 aromatic rings. The quantitative estimate of drug-likeness (QED) is 0.410. The molecule has 2 amide bonds. The Morgan fingerprint density at radius 1 is 0.939 bits per heavy atom. The minimum Gasteiger partial charge on any atom is -0.444 e. The van der Waals surface area contributed by atoms with Crippen molar-refractivity contribution >= 4 is 23.7 Å². The fourth-order valence-corrected chi connectivity index (χ4v) is 2.80. The molecule has 33 heavy (non-hydrogen) atoms. The summed E-state index contributed by atoms with van der Waals surface area (Å²) in [6.07, 6.45) is -0.737. The van der Waals surface area contributed by atoms with Gasteiger partial charge in [-0.25, -0.2) is 9.59 Å². The van der Waals surface area contributed by atoms with Crippen molar-refractivity contribution in [2.75, 3.05) is 0 Å². The standard InChI is InChI=1S/C23H35N3O7/c1-15(24-20(28)32-22(2,3)4)8-13-19(27)18(25-21(29)33-23(5,6)7)14-16-9-11-17(12-10-16)26(30)31/h9-12,15,18H,8,13-14H2,1-7H3,(H,24,28)(H,25,29)/t15-,18-/m0/s1. The third kappa shape index (κ3) is 11.9. The lowest BCUT2D eigenvalue weighted by Crippen LogP contribution is -2.45. The molecule has 0 aliphatic heterocycles. The van der Waals surface area contributed by atoms with Crippen LogP contribution in [0.15, 0.2) is 24.3 Å². The number of rotatable bonds is 9. The van der Waals surface area contributed by atoms with Gasteiger partial charge in [-0.1, -0.05) is 12.1 Å². The van der Waals surface area contributed by atoms with Crippen molar-refractivity contribution in [2.24, 2.45) is 0 Å². The van der Waals surface area contributed by atoms with Crippen LogP contribution in [0.2, 0.25) is 0 Å². The smallest absolute Gasteiger partial charge is 0.408 e. The number of non-ortho nitro benzene ring substituents is 1. The van der Waals surface area contributed by atoms with Crippen LogP contribution in [0.4, 0.5) is 15.3 Å². The number of amides is 2. The molecule has 1 rings (SSSR count). The summed E-state index contributed by atoms with van der Waals surface area (Å²) in [5.74, 6) is -0.253. The van der Waals surface area contributed by atoms with Gasteiger partial charge in [-0.2, -0.15) is 0 Å². The molecular formula is C23H35N3O7. The largest absolute Gasteiger partial charge is 0.444 e. The third-order valence-corrected chi connectivity index (χ3v) is 4.25. The number of hydrogen-bond donors (Lipinski definition) is 2. The monoisotopic (exact) mass is 465 g/mol. The lowest BCUT2D eigenvalue weighted by molar-refractivity contribution is -0.384.